The molecule has 2 N–H and O–H groups in total. The lowest BCUT2D eigenvalue weighted by Crippen LogP contribution is -2.29. The molecule has 0 saturated carbocycles. The fourth-order valence-corrected chi connectivity index (χ4v) is 4.35. The minimum Gasteiger partial charge on any atom is -0.508 e. The van der Waals surface area contributed by atoms with Crippen LogP contribution in [0, 0.1) is 0 Å². The fourth-order valence-electron chi connectivity index (χ4n) is 3.04. The van der Waals surface area contributed by atoms with Gasteiger partial charge in [-0.1, -0.05) is 42.5 Å². The summed E-state index contributed by atoms with van der Waals surface area (Å²) in [6, 6.07) is 13.9. The highest BCUT2D eigenvalue weighted by Gasteiger charge is 2.31. The second-order valence-electron chi connectivity index (χ2n) is 7.01. The highest BCUT2D eigenvalue weighted by Crippen LogP contribution is 2.33. The molecule has 1 aliphatic heterocycles. The molecule has 162 valence electrons. The van der Waals surface area contributed by atoms with E-state index >= 15 is 0 Å². The number of nitrogens with zero attached hydrogens (tertiary/aromatic N) is 1. The largest absolute Gasteiger partial charge is 0.508 e. The number of hydrogen-bond acceptors (Lipinski definition) is 6. The lowest BCUT2D eigenvalue weighted by Gasteiger charge is -2.14. The lowest BCUT2D eigenvalue weighted by molar-refractivity contribution is -0.122. The molecular weight excluding hydrogens is 432 g/mol. The molecule has 2 aromatic rings. The van der Waals surface area contributed by atoms with Crippen LogP contribution < -0.4 is 10.1 Å². The van der Waals surface area contributed by atoms with Gasteiger partial charge in [0, 0.05) is 18.7 Å². The summed E-state index contributed by atoms with van der Waals surface area (Å²) >= 11 is 6.69. The van der Waals surface area contributed by atoms with Gasteiger partial charge in [-0.25, -0.2) is 0 Å². The van der Waals surface area contributed by atoms with Gasteiger partial charge in [0.2, 0.25) is 5.91 Å². The summed E-state index contributed by atoms with van der Waals surface area (Å²) in [6.45, 7) is 0.546. The number of unbranched alkanes of at least 4 members (excludes halogenated alkanes) is 2. The van der Waals surface area contributed by atoms with Crippen LogP contribution >= 0.6 is 24.0 Å². The number of anilines is 1. The van der Waals surface area contributed by atoms with Crippen LogP contribution in [-0.2, 0) is 9.59 Å². The summed E-state index contributed by atoms with van der Waals surface area (Å²) in [5.41, 5.74) is 1.57. The Hall–Kier alpha value is -2.84. The molecule has 31 heavy (non-hydrogen) atoms. The summed E-state index contributed by atoms with van der Waals surface area (Å²) in [5.74, 6) is 0.781. The van der Waals surface area contributed by atoms with Gasteiger partial charge in [-0.3, -0.25) is 14.5 Å². The van der Waals surface area contributed by atoms with Crippen LogP contribution in [0.4, 0.5) is 5.69 Å². The van der Waals surface area contributed by atoms with Crippen molar-refractivity contribution in [2.45, 2.75) is 25.7 Å². The maximum absolute atomic E-state index is 12.7. The van der Waals surface area contributed by atoms with Gasteiger partial charge in [0.1, 0.15) is 15.8 Å². The Morgan fingerprint density at radius 1 is 1.13 bits per heavy atom. The number of aromatic hydroxyl groups is 1. The molecule has 0 radical (unpaired) electrons. The van der Waals surface area contributed by atoms with E-state index in [1.165, 1.54) is 23.9 Å². The zero-order chi connectivity index (χ0) is 22.2. The molecule has 0 aliphatic carbocycles. The van der Waals surface area contributed by atoms with Gasteiger partial charge >= 0.3 is 0 Å². The number of amides is 2. The van der Waals surface area contributed by atoms with Gasteiger partial charge < -0.3 is 15.2 Å². The van der Waals surface area contributed by atoms with Gasteiger partial charge in [-0.2, -0.15) is 0 Å². The number of ether oxygens (including phenoxy) is 1. The molecule has 0 unspecified atom stereocenters. The molecule has 0 atom stereocenters. The molecule has 0 spiro atoms. The van der Waals surface area contributed by atoms with Crippen molar-refractivity contribution >= 4 is 51.9 Å². The number of phenols is 1. The van der Waals surface area contributed by atoms with Gasteiger partial charge in [-0.15, -0.1) is 0 Å². The number of hydrogen-bond donors (Lipinski definition) is 2. The Balaban J connectivity index is 1.41. The Bertz CT molecular complexity index is 972. The van der Waals surface area contributed by atoms with Crippen molar-refractivity contribution < 1.29 is 19.4 Å². The molecule has 2 amide bonds. The van der Waals surface area contributed by atoms with Gasteiger partial charge in [-0.05, 0) is 60.9 Å². The van der Waals surface area contributed by atoms with Crippen LogP contribution in [0.5, 0.6) is 11.5 Å². The maximum atomic E-state index is 12.7. The van der Waals surface area contributed by atoms with Crippen LogP contribution in [0.2, 0.25) is 0 Å². The predicted molar refractivity (Wildman–Crippen MR) is 128 cm³/mol. The van der Waals surface area contributed by atoms with E-state index in [-0.39, 0.29) is 17.6 Å². The molecule has 1 fully saturated rings. The minimum absolute atomic E-state index is 0.0706. The van der Waals surface area contributed by atoms with Crippen molar-refractivity contribution in [3.8, 4) is 11.5 Å². The number of methoxy groups -OCH3 is 1. The number of thiocarbonyl (C=S) groups is 1. The molecule has 6 nitrogen and oxygen atoms in total. The first-order valence-electron chi connectivity index (χ1n) is 9.94. The molecule has 1 heterocycles. The molecule has 8 heteroatoms. The van der Waals surface area contributed by atoms with Crippen LogP contribution in [0.25, 0.3) is 6.08 Å². The van der Waals surface area contributed by atoms with E-state index in [2.05, 4.69) is 5.32 Å². The number of phenolic OH excluding ortho intramolecular Hbond substituents is 1. The summed E-state index contributed by atoms with van der Waals surface area (Å²) in [5, 5.41) is 12.1. The normalized spacial score (nSPS) is 14.9. The molecule has 1 aliphatic rings. The van der Waals surface area contributed by atoms with E-state index in [9.17, 15) is 14.7 Å². The Morgan fingerprint density at radius 2 is 1.84 bits per heavy atom. The van der Waals surface area contributed by atoms with Crippen molar-refractivity contribution in [3.05, 3.63) is 59.0 Å². The van der Waals surface area contributed by atoms with Gasteiger partial charge in [0.05, 0.1) is 12.0 Å². The highest BCUT2D eigenvalue weighted by atomic mass is 32.2. The van der Waals surface area contributed by atoms with Crippen LogP contribution in [0.1, 0.15) is 31.2 Å². The fraction of sp³-hybridized carbons (Fsp3) is 0.261. The van der Waals surface area contributed by atoms with E-state index in [4.69, 9.17) is 17.0 Å². The average molecular weight is 457 g/mol. The molecule has 0 aromatic heterocycles. The average Bonchev–Trinajstić information content (AvgIpc) is 3.03. The van der Waals surface area contributed by atoms with Crippen LogP contribution in [0.3, 0.4) is 0 Å². The van der Waals surface area contributed by atoms with E-state index in [0.29, 0.717) is 27.9 Å². The monoisotopic (exact) mass is 456 g/mol. The third-order valence-corrected chi connectivity index (χ3v) is 6.10. The lowest BCUT2D eigenvalue weighted by atomic mass is 10.1. The third kappa shape index (κ3) is 6.57. The molecule has 3 rings (SSSR count). The van der Waals surface area contributed by atoms with Crippen molar-refractivity contribution in [1.82, 2.24) is 4.90 Å². The number of benzene rings is 2. The van der Waals surface area contributed by atoms with Crippen molar-refractivity contribution in [1.29, 1.82) is 0 Å². The Morgan fingerprint density at radius 3 is 2.52 bits per heavy atom. The first-order valence-corrected chi connectivity index (χ1v) is 11.2. The Labute approximate surface area is 191 Å². The van der Waals surface area contributed by atoms with Crippen molar-refractivity contribution in [2.75, 3.05) is 19.0 Å². The number of nitrogens with one attached hydrogen (secondary N) is 1. The maximum Gasteiger partial charge on any atom is 0.266 e. The van der Waals surface area contributed by atoms with E-state index in [1.807, 2.05) is 30.3 Å². The third-order valence-electron chi connectivity index (χ3n) is 4.72. The summed E-state index contributed by atoms with van der Waals surface area (Å²) in [6.07, 6.45) is 4.55. The summed E-state index contributed by atoms with van der Waals surface area (Å²) < 4.78 is 5.72. The van der Waals surface area contributed by atoms with Crippen molar-refractivity contribution in [2.24, 2.45) is 0 Å². The molecular formula is C23H24N2O4S2. The molecule has 1 saturated heterocycles. The minimum atomic E-state index is -0.0732. The zero-order valence-electron chi connectivity index (χ0n) is 17.2. The van der Waals surface area contributed by atoms with E-state index in [0.717, 1.165) is 30.6 Å². The first-order chi connectivity index (χ1) is 15.0. The van der Waals surface area contributed by atoms with Crippen LogP contribution in [-0.4, -0.2) is 39.8 Å². The van der Waals surface area contributed by atoms with Crippen LogP contribution in [0.15, 0.2) is 53.4 Å². The smallest absolute Gasteiger partial charge is 0.266 e. The SMILES string of the molecule is COc1ccc(/C=C2\SC(=S)N(CCCCCC(=O)Nc3ccc(O)cc3)C2=O)cc1. The quantitative estimate of drug-likeness (QED) is 0.244. The van der Waals surface area contributed by atoms with E-state index < -0.39 is 0 Å². The van der Waals surface area contributed by atoms with Gasteiger partial charge in [0.25, 0.3) is 5.91 Å². The second-order valence-corrected chi connectivity index (χ2v) is 8.69. The van der Waals surface area contributed by atoms with E-state index in [1.54, 1.807) is 24.1 Å². The number of rotatable bonds is 9. The summed E-state index contributed by atoms with van der Waals surface area (Å²) in [7, 11) is 1.61. The van der Waals surface area contributed by atoms with Crippen molar-refractivity contribution in [3.63, 3.8) is 0 Å². The molecule has 2 aromatic carbocycles. The number of carbonyl (C=O) groups is 2. The predicted octanol–water partition coefficient (Wildman–Crippen LogP) is 4.80. The number of carbonyl (C=O) groups excluding carboxylic acids is 2. The topological polar surface area (TPSA) is 78.9 Å². The highest BCUT2D eigenvalue weighted by molar-refractivity contribution is 8.26. The summed E-state index contributed by atoms with van der Waals surface area (Å²) in [4.78, 5) is 26.9. The zero-order valence-corrected chi connectivity index (χ0v) is 18.8. The standard InChI is InChI=1S/C23H24N2O4S2/c1-29-19-12-6-16(7-13-19)15-20-22(28)25(23(30)31-20)14-4-2-3-5-21(27)24-17-8-10-18(26)11-9-17/h6-13,15,26H,2-5,14H2,1H3,(H,24,27)/b20-15-. The Kier molecular flexibility index (Phi) is 8.08. The first kappa shape index (κ1) is 22.8. The molecule has 0 bridgehead atoms. The second kappa shape index (κ2) is 11.0. The number of thioether (sulfide) groups is 1. The van der Waals surface area contributed by atoms with Gasteiger partial charge in [0.15, 0.2) is 0 Å².